The third kappa shape index (κ3) is 3.16. The molecule has 1 aromatic carbocycles. The summed E-state index contributed by atoms with van der Waals surface area (Å²) in [4.78, 5) is 10.5. The highest BCUT2D eigenvalue weighted by Crippen LogP contribution is 2.34. The van der Waals surface area contributed by atoms with Crippen LogP contribution in [0, 0.1) is 0 Å². The van der Waals surface area contributed by atoms with Crippen molar-refractivity contribution in [2.24, 2.45) is 0 Å². The highest BCUT2D eigenvalue weighted by atomic mass is 16.1. The van der Waals surface area contributed by atoms with Gasteiger partial charge in [0, 0.05) is 12.1 Å². The van der Waals surface area contributed by atoms with Crippen LogP contribution in [0.5, 0.6) is 0 Å². The van der Waals surface area contributed by atoms with E-state index in [-0.39, 0.29) is 0 Å². The molecule has 2 nitrogen and oxygen atoms in total. The van der Waals surface area contributed by atoms with Crippen molar-refractivity contribution in [3.05, 3.63) is 35.9 Å². The minimum Gasteiger partial charge on any atom is -0.307 e. The second-order valence-corrected chi connectivity index (χ2v) is 4.85. The molecule has 1 aliphatic rings. The molecule has 0 saturated carbocycles. The molecule has 2 unspecified atom stereocenters. The number of likely N-dealkylation sites (tertiary alicyclic amines) is 1. The van der Waals surface area contributed by atoms with Gasteiger partial charge >= 0.3 is 0 Å². The Morgan fingerprint density at radius 2 is 1.71 bits per heavy atom. The van der Waals surface area contributed by atoms with Crippen LogP contribution in [-0.4, -0.2) is 30.8 Å². The Bertz CT molecular complexity index is 325. The molecular formula is C15H23NO. The summed E-state index contributed by atoms with van der Waals surface area (Å²) in [5.41, 5.74) is 1.50. The van der Waals surface area contributed by atoms with Gasteiger partial charge in [-0.25, -0.2) is 0 Å². The zero-order chi connectivity index (χ0) is 12.8. The molecule has 2 rings (SSSR count). The highest BCUT2D eigenvalue weighted by molar-refractivity contribution is 5.21. The standard InChI is InChI=1S/C14H21N.CH2O/c1-11-9-10-14(12(2)15(11)3)13-7-5-4-6-8-13;1-2/h4-8,11-12,14H,9-10H2,1-3H3;1H2/t11-,12?,14?;/m1./s1. The third-order valence-electron chi connectivity index (χ3n) is 4.04. The van der Waals surface area contributed by atoms with Gasteiger partial charge in [-0.15, -0.1) is 0 Å². The predicted molar refractivity (Wildman–Crippen MR) is 72.2 cm³/mol. The summed E-state index contributed by atoms with van der Waals surface area (Å²) in [6.45, 7) is 6.69. The van der Waals surface area contributed by atoms with Crippen molar-refractivity contribution in [2.75, 3.05) is 7.05 Å². The van der Waals surface area contributed by atoms with E-state index in [0.717, 1.165) is 6.04 Å². The molecule has 1 fully saturated rings. The number of hydrogen-bond acceptors (Lipinski definition) is 2. The van der Waals surface area contributed by atoms with E-state index in [0.29, 0.717) is 12.0 Å². The number of carbonyl (C=O) groups is 1. The number of rotatable bonds is 1. The third-order valence-corrected chi connectivity index (χ3v) is 4.04. The average molecular weight is 233 g/mol. The van der Waals surface area contributed by atoms with Crippen LogP contribution in [0.3, 0.4) is 0 Å². The lowest BCUT2D eigenvalue weighted by atomic mass is 9.82. The van der Waals surface area contributed by atoms with E-state index in [2.05, 4.69) is 56.1 Å². The van der Waals surface area contributed by atoms with E-state index in [1.807, 2.05) is 6.79 Å². The lowest BCUT2D eigenvalue weighted by Crippen LogP contribution is -2.44. The van der Waals surface area contributed by atoms with Gasteiger partial charge in [0.25, 0.3) is 0 Å². The van der Waals surface area contributed by atoms with Crippen LogP contribution < -0.4 is 0 Å². The molecular weight excluding hydrogens is 210 g/mol. The first-order valence-corrected chi connectivity index (χ1v) is 6.26. The largest absolute Gasteiger partial charge is 0.307 e. The van der Waals surface area contributed by atoms with Crippen molar-refractivity contribution in [3.63, 3.8) is 0 Å². The van der Waals surface area contributed by atoms with Crippen molar-refractivity contribution < 1.29 is 4.79 Å². The van der Waals surface area contributed by atoms with Gasteiger partial charge in [-0.3, -0.25) is 0 Å². The van der Waals surface area contributed by atoms with E-state index in [1.165, 1.54) is 18.4 Å². The average Bonchev–Trinajstić information content (AvgIpc) is 2.40. The second-order valence-electron chi connectivity index (χ2n) is 4.85. The maximum absolute atomic E-state index is 8.00. The van der Waals surface area contributed by atoms with E-state index < -0.39 is 0 Å². The number of nitrogens with zero attached hydrogens (tertiary/aromatic N) is 1. The first-order valence-electron chi connectivity index (χ1n) is 6.26. The molecule has 0 aliphatic carbocycles. The quantitative estimate of drug-likeness (QED) is 0.743. The first-order chi connectivity index (χ1) is 8.20. The van der Waals surface area contributed by atoms with Crippen molar-refractivity contribution in [2.45, 2.75) is 44.7 Å². The Morgan fingerprint density at radius 1 is 1.12 bits per heavy atom. The van der Waals surface area contributed by atoms with E-state index in [9.17, 15) is 0 Å². The Balaban J connectivity index is 0.000000686. The highest BCUT2D eigenvalue weighted by Gasteiger charge is 2.30. The molecule has 0 radical (unpaired) electrons. The maximum atomic E-state index is 8.00. The monoisotopic (exact) mass is 233 g/mol. The minimum atomic E-state index is 0.663. The van der Waals surface area contributed by atoms with Crippen molar-refractivity contribution in [1.82, 2.24) is 4.90 Å². The van der Waals surface area contributed by atoms with Crippen LogP contribution in [-0.2, 0) is 4.79 Å². The van der Waals surface area contributed by atoms with E-state index in [4.69, 9.17) is 4.79 Å². The van der Waals surface area contributed by atoms with Gasteiger partial charge in [0.15, 0.2) is 0 Å². The van der Waals surface area contributed by atoms with Gasteiger partial charge in [-0.05, 0) is 45.2 Å². The van der Waals surface area contributed by atoms with E-state index in [1.54, 1.807) is 0 Å². The molecule has 1 heterocycles. The van der Waals surface area contributed by atoms with Crippen LogP contribution in [0.1, 0.15) is 38.2 Å². The predicted octanol–water partition coefficient (Wildman–Crippen LogP) is 3.09. The summed E-state index contributed by atoms with van der Waals surface area (Å²) < 4.78 is 0. The summed E-state index contributed by atoms with van der Waals surface area (Å²) in [5, 5.41) is 0. The van der Waals surface area contributed by atoms with Crippen molar-refractivity contribution in [1.29, 1.82) is 0 Å². The topological polar surface area (TPSA) is 20.3 Å². The Labute approximate surface area is 105 Å². The molecule has 2 heteroatoms. The number of carbonyl (C=O) groups excluding carboxylic acids is 1. The smallest absolute Gasteiger partial charge is 0.106 e. The summed E-state index contributed by atoms with van der Waals surface area (Å²) in [5.74, 6) is 0.715. The first kappa shape index (κ1) is 13.9. The molecule has 1 aromatic rings. The molecule has 0 spiro atoms. The van der Waals surface area contributed by atoms with Gasteiger partial charge < -0.3 is 9.69 Å². The van der Waals surface area contributed by atoms with Gasteiger partial charge in [-0.2, -0.15) is 0 Å². The molecule has 1 saturated heterocycles. The lowest BCUT2D eigenvalue weighted by molar-refractivity contribution is -0.0979. The van der Waals surface area contributed by atoms with Crippen molar-refractivity contribution in [3.8, 4) is 0 Å². The molecule has 1 aliphatic heterocycles. The zero-order valence-electron chi connectivity index (χ0n) is 11.1. The van der Waals surface area contributed by atoms with Crippen LogP contribution in [0.15, 0.2) is 30.3 Å². The fraction of sp³-hybridized carbons (Fsp3) is 0.533. The van der Waals surface area contributed by atoms with Gasteiger partial charge in [-0.1, -0.05) is 30.3 Å². The summed E-state index contributed by atoms with van der Waals surface area (Å²) in [7, 11) is 2.25. The summed E-state index contributed by atoms with van der Waals surface area (Å²) in [6.07, 6.45) is 2.65. The summed E-state index contributed by atoms with van der Waals surface area (Å²) in [6, 6.07) is 12.3. The Kier molecular flexibility index (Phi) is 5.36. The van der Waals surface area contributed by atoms with Crippen LogP contribution in [0.4, 0.5) is 0 Å². The Hall–Kier alpha value is -1.15. The molecule has 0 aromatic heterocycles. The van der Waals surface area contributed by atoms with Gasteiger partial charge in [0.2, 0.25) is 0 Å². The number of hydrogen-bond donors (Lipinski definition) is 0. The second kappa shape index (κ2) is 6.55. The van der Waals surface area contributed by atoms with Crippen LogP contribution >= 0.6 is 0 Å². The molecule has 94 valence electrons. The van der Waals surface area contributed by atoms with Crippen LogP contribution in [0.2, 0.25) is 0 Å². The van der Waals surface area contributed by atoms with E-state index >= 15 is 0 Å². The van der Waals surface area contributed by atoms with Gasteiger partial charge in [0.05, 0.1) is 0 Å². The molecule has 0 bridgehead atoms. The lowest BCUT2D eigenvalue weighted by Gasteiger charge is -2.41. The zero-order valence-corrected chi connectivity index (χ0v) is 11.1. The summed E-state index contributed by atoms with van der Waals surface area (Å²) >= 11 is 0. The molecule has 0 amide bonds. The number of piperidine rings is 1. The fourth-order valence-electron chi connectivity index (χ4n) is 2.70. The van der Waals surface area contributed by atoms with Gasteiger partial charge in [0.1, 0.15) is 6.79 Å². The normalized spacial score (nSPS) is 29.2. The fourth-order valence-corrected chi connectivity index (χ4v) is 2.70. The molecule has 0 N–H and O–H groups in total. The minimum absolute atomic E-state index is 0.663. The number of benzene rings is 1. The Morgan fingerprint density at radius 3 is 2.29 bits per heavy atom. The SMILES string of the molecule is C=O.CC1C(c2ccccc2)CC[C@@H](C)N1C. The van der Waals surface area contributed by atoms with Crippen LogP contribution in [0.25, 0.3) is 0 Å². The number of likely N-dealkylation sites (N-methyl/N-ethyl adjacent to an activating group) is 1. The molecule has 3 atom stereocenters. The maximum Gasteiger partial charge on any atom is 0.106 e. The van der Waals surface area contributed by atoms with Crippen molar-refractivity contribution >= 4 is 6.79 Å². The molecule has 17 heavy (non-hydrogen) atoms.